The van der Waals surface area contributed by atoms with Gasteiger partial charge in [-0.2, -0.15) is 0 Å². The summed E-state index contributed by atoms with van der Waals surface area (Å²) in [5.41, 5.74) is 7.24. The number of anilines is 1. The van der Waals surface area contributed by atoms with Gasteiger partial charge in [0.15, 0.2) is 0 Å². The van der Waals surface area contributed by atoms with Gasteiger partial charge in [-0.05, 0) is 31.5 Å². The molecule has 1 rings (SSSR count). The van der Waals surface area contributed by atoms with Gasteiger partial charge in [0.2, 0.25) is 0 Å². The minimum atomic E-state index is 0.329. The van der Waals surface area contributed by atoms with Crippen LogP contribution < -0.4 is 11.1 Å². The van der Waals surface area contributed by atoms with E-state index in [0.29, 0.717) is 16.1 Å². The van der Waals surface area contributed by atoms with Gasteiger partial charge in [0.05, 0.1) is 5.02 Å². The first-order chi connectivity index (χ1) is 7.04. The van der Waals surface area contributed by atoms with E-state index in [1.807, 2.05) is 18.2 Å². The first-order valence-electron chi connectivity index (χ1n) is 4.90. The molecular formula is C11H15ClN2S. The summed E-state index contributed by atoms with van der Waals surface area (Å²) in [4.78, 5) is 0.329. The third kappa shape index (κ3) is 3.36. The minimum Gasteiger partial charge on any atom is -0.389 e. The van der Waals surface area contributed by atoms with Crippen LogP contribution in [0.15, 0.2) is 18.2 Å². The van der Waals surface area contributed by atoms with Crippen molar-refractivity contribution in [1.29, 1.82) is 0 Å². The number of halogens is 1. The summed E-state index contributed by atoms with van der Waals surface area (Å²) in [5.74, 6) is 0. The van der Waals surface area contributed by atoms with Crippen molar-refractivity contribution in [2.24, 2.45) is 5.73 Å². The molecule has 0 spiro atoms. The lowest BCUT2D eigenvalue weighted by atomic mass is 10.2. The Morgan fingerprint density at radius 2 is 2.27 bits per heavy atom. The van der Waals surface area contributed by atoms with Crippen molar-refractivity contribution in [3.63, 3.8) is 0 Å². The zero-order valence-electron chi connectivity index (χ0n) is 8.88. The molecule has 0 aromatic heterocycles. The zero-order valence-corrected chi connectivity index (χ0v) is 10.5. The third-order valence-corrected chi connectivity index (χ3v) is 2.79. The Balaban J connectivity index is 2.87. The Kier molecular flexibility index (Phi) is 4.36. The van der Waals surface area contributed by atoms with Crippen molar-refractivity contribution in [2.45, 2.75) is 26.3 Å². The summed E-state index contributed by atoms with van der Waals surface area (Å²) in [7, 11) is 0. The van der Waals surface area contributed by atoms with E-state index in [0.717, 1.165) is 17.7 Å². The predicted octanol–water partition coefficient (Wildman–Crippen LogP) is 3.18. The molecule has 0 amide bonds. The zero-order chi connectivity index (χ0) is 11.4. The highest BCUT2D eigenvalue weighted by Crippen LogP contribution is 2.21. The Labute approximate surface area is 101 Å². The third-order valence-electron chi connectivity index (χ3n) is 2.26. The molecule has 1 aromatic rings. The Morgan fingerprint density at radius 3 is 2.73 bits per heavy atom. The molecule has 0 aliphatic rings. The van der Waals surface area contributed by atoms with Crippen molar-refractivity contribution in [2.75, 3.05) is 5.32 Å². The molecule has 0 bridgehead atoms. The van der Waals surface area contributed by atoms with E-state index in [1.165, 1.54) is 0 Å². The van der Waals surface area contributed by atoms with Crippen molar-refractivity contribution in [1.82, 2.24) is 0 Å². The number of hydrogen-bond acceptors (Lipinski definition) is 2. The van der Waals surface area contributed by atoms with Crippen LogP contribution in [-0.2, 0) is 0 Å². The second kappa shape index (κ2) is 5.33. The maximum Gasteiger partial charge on any atom is 0.105 e. The lowest BCUT2D eigenvalue weighted by Crippen LogP contribution is -2.14. The maximum atomic E-state index is 6.04. The summed E-state index contributed by atoms with van der Waals surface area (Å²) in [6.45, 7) is 4.25. The Hall–Kier alpha value is -0.800. The summed E-state index contributed by atoms with van der Waals surface area (Å²) in [6.07, 6.45) is 1.06. The molecule has 4 heteroatoms. The molecule has 1 unspecified atom stereocenters. The SMILES string of the molecule is CCC(C)Nc1ccc(C(N)=S)c(Cl)c1. The van der Waals surface area contributed by atoms with Crippen LogP contribution >= 0.6 is 23.8 Å². The van der Waals surface area contributed by atoms with Crippen LogP contribution in [0.1, 0.15) is 25.8 Å². The molecule has 1 aromatic carbocycles. The van der Waals surface area contributed by atoms with Crippen LogP contribution in [0, 0.1) is 0 Å². The molecule has 0 saturated carbocycles. The van der Waals surface area contributed by atoms with Gasteiger partial charge in [-0.15, -0.1) is 0 Å². The van der Waals surface area contributed by atoms with E-state index in [9.17, 15) is 0 Å². The smallest absolute Gasteiger partial charge is 0.105 e. The van der Waals surface area contributed by atoms with Gasteiger partial charge in [-0.3, -0.25) is 0 Å². The average molecular weight is 243 g/mol. The highest BCUT2D eigenvalue weighted by atomic mass is 35.5. The van der Waals surface area contributed by atoms with Gasteiger partial charge < -0.3 is 11.1 Å². The maximum absolute atomic E-state index is 6.04. The molecule has 82 valence electrons. The standard InChI is InChI=1S/C11H15ClN2S/c1-3-7(2)14-8-4-5-9(11(13)15)10(12)6-8/h4-7,14H,3H2,1-2H3,(H2,13,15). The van der Waals surface area contributed by atoms with E-state index in [-0.39, 0.29) is 0 Å². The van der Waals surface area contributed by atoms with Crippen LogP contribution in [0.4, 0.5) is 5.69 Å². The van der Waals surface area contributed by atoms with Gasteiger partial charge in [0.25, 0.3) is 0 Å². The molecule has 0 saturated heterocycles. The first kappa shape index (κ1) is 12.3. The highest BCUT2D eigenvalue weighted by Gasteiger charge is 2.05. The molecular weight excluding hydrogens is 228 g/mol. The number of benzene rings is 1. The lowest BCUT2D eigenvalue weighted by molar-refractivity contribution is 0.764. The molecule has 15 heavy (non-hydrogen) atoms. The fraction of sp³-hybridized carbons (Fsp3) is 0.364. The molecule has 0 radical (unpaired) electrons. The van der Waals surface area contributed by atoms with Gasteiger partial charge in [-0.25, -0.2) is 0 Å². The minimum absolute atomic E-state index is 0.329. The quantitative estimate of drug-likeness (QED) is 0.797. The molecule has 0 aliphatic heterocycles. The largest absolute Gasteiger partial charge is 0.389 e. The van der Waals surface area contributed by atoms with Gasteiger partial charge in [0.1, 0.15) is 4.99 Å². The van der Waals surface area contributed by atoms with Crippen molar-refractivity contribution >= 4 is 34.5 Å². The van der Waals surface area contributed by atoms with E-state index in [2.05, 4.69) is 19.2 Å². The highest BCUT2D eigenvalue weighted by molar-refractivity contribution is 7.80. The van der Waals surface area contributed by atoms with Crippen LogP contribution in [-0.4, -0.2) is 11.0 Å². The van der Waals surface area contributed by atoms with Crippen LogP contribution in [0.2, 0.25) is 5.02 Å². The lowest BCUT2D eigenvalue weighted by Gasteiger charge is -2.14. The summed E-state index contributed by atoms with van der Waals surface area (Å²) in [6, 6.07) is 6.06. The van der Waals surface area contributed by atoms with E-state index in [4.69, 9.17) is 29.6 Å². The van der Waals surface area contributed by atoms with Crippen molar-refractivity contribution in [3.8, 4) is 0 Å². The molecule has 3 N–H and O–H groups in total. The number of nitrogens with one attached hydrogen (secondary N) is 1. The molecule has 0 aliphatic carbocycles. The van der Waals surface area contributed by atoms with E-state index in [1.54, 1.807) is 0 Å². The fourth-order valence-electron chi connectivity index (χ4n) is 1.19. The second-order valence-corrected chi connectivity index (χ2v) is 4.36. The Bertz CT molecular complexity index is 366. The molecule has 2 nitrogen and oxygen atoms in total. The number of rotatable bonds is 4. The number of thiocarbonyl (C=S) groups is 1. The average Bonchev–Trinajstić information content (AvgIpc) is 2.17. The van der Waals surface area contributed by atoms with Crippen LogP contribution in [0.25, 0.3) is 0 Å². The molecule has 0 heterocycles. The number of nitrogens with two attached hydrogens (primary N) is 1. The monoisotopic (exact) mass is 242 g/mol. The Morgan fingerprint density at radius 1 is 1.60 bits per heavy atom. The van der Waals surface area contributed by atoms with E-state index >= 15 is 0 Å². The van der Waals surface area contributed by atoms with Gasteiger partial charge >= 0.3 is 0 Å². The normalized spacial score (nSPS) is 12.2. The fourth-order valence-corrected chi connectivity index (χ4v) is 1.71. The van der Waals surface area contributed by atoms with Crippen molar-refractivity contribution < 1.29 is 0 Å². The summed E-state index contributed by atoms with van der Waals surface area (Å²) < 4.78 is 0. The summed E-state index contributed by atoms with van der Waals surface area (Å²) in [5, 5.41) is 3.92. The topological polar surface area (TPSA) is 38.0 Å². The summed E-state index contributed by atoms with van der Waals surface area (Å²) >= 11 is 10.9. The predicted molar refractivity (Wildman–Crippen MR) is 70.7 cm³/mol. The van der Waals surface area contributed by atoms with Gasteiger partial charge in [0, 0.05) is 17.3 Å². The molecule has 0 fully saturated rings. The van der Waals surface area contributed by atoms with Crippen LogP contribution in [0.5, 0.6) is 0 Å². The van der Waals surface area contributed by atoms with E-state index < -0.39 is 0 Å². The van der Waals surface area contributed by atoms with Crippen LogP contribution in [0.3, 0.4) is 0 Å². The number of hydrogen-bond donors (Lipinski definition) is 2. The second-order valence-electron chi connectivity index (χ2n) is 3.51. The van der Waals surface area contributed by atoms with Gasteiger partial charge in [-0.1, -0.05) is 30.7 Å². The first-order valence-corrected chi connectivity index (χ1v) is 5.69. The molecule has 1 atom stereocenters. The van der Waals surface area contributed by atoms with Crippen molar-refractivity contribution in [3.05, 3.63) is 28.8 Å².